The lowest BCUT2D eigenvalue weighted by Crippen LogP contribution is -2.32. The average Bonchev–Trinajstić information content (AvgIpc) is 3.22. The molecule has 0 aliphatic carbocycles. The largest absolute Gasteiger partial charge is 0.459 e. The highest BCUT2D eigenvalue weighted by Gasteiger charge is 2.14. The van der Waals surface area contributed by atoms with Crippen LogP contribution < -0.4 is 15.5 Å². The van der Waals surface area contributed by atoms with Crippen molar-refractivity contribution in [3.63, 3.8) is 0 Å². The van der Waals surface area contributed by atoms with E-state index in [0.29, 0.717) is 16.5 Å². The lowest BCUT2D eigenvalue weighted by Gasteiger charge is -2.04. The van der Waals surface area contributed by atoms with Crippen molar-refractivity contribution in [2.24, 2.45) is 5.10 Å². The van der Waals surface area contributed by atoms with Crippen molar-refractivity contribution < 1.29 is 22.4 Å². The molecule has 1 heterocycles. The molecule has 11 heteroatoms. The third-order valence-electron chi connectivity index (χ3n) is 3.84. The van der Waals surface area contributed by atoms with Gasteiger partial charge in [0.1, 0.15) is 11.5 Å². The van der Waals surface area contributed by atoms with Crippen molar-refractivity contribution in [1.29, 1.82) is 0 Å². The number of nitrogens with zero attached hydrogens (tertiary/aromatic N) is 1. The summed E-state index contributed by atoms with van der Waals surface area (Å²) in [5.74, 6) is -1.29. The van der Waals surface area contributed by atoms with Gasteiger partial charge in [-0.15, -0.1) is 0 Å². The van der Waals surface area contributed by atoms with Crippen LogP contribution in [0.2, 0.25) is 5.02 Å². The lowest BCUT2D eigenvalue weighted by molar-refractivity contribution is -0.136. The normalized spacial score (nSPS) is 11.4. The fourth-order valence-electron chi connectivity index (χ4n) is 2.33. The minimum Gasteiger partial charge on any atom is -0.459 e. The SMILES string of the molecule is O=C(N/N=C/c1ccc(CNS(=O)(=O)c2ccccc2)o1)C(=O)Nc1ccc(Cl)cc1. The summed E-state index contributed by atoms with van der Waals surface area (Å²) >= 11 is 5.76. The first-order valence-electron chi connectivity index (χ1n) is 8.87. The molecule has 0 bridgehead atoms. The Kier molecular flexibility index (Phi) is 7.19. The zero-order valence-electron chi connectivity index (χ0n) is 15.9. The molecule has 3 rings (SSSR count). The third-order valence-corrected chi connectivity index (χ3v) is 5.51. The molecule has 0 spiro atoms. The monoisotopic (exact) mass is 460 g/mol. The van der Waals surface area contributed by atoms with Crippen LogP contribution in [-0.4, -0.2) is 26.4 Å². The second-order valence-corrected chi connectivity index (χ2v) is 8.31. The summed E-state index contributed by atoms with van der Waals surface area (Å²) in [5, 5.41) is 6.54. The number of nitrogens with one attached hydrogen (secondary N) is 3. The molecule has 0 fully saturated rings. The van der Waals surface area contributed by atoms with Crippen LogP contribution in [0.15, 0.2) is 81.1 Å². The topological polar surface area (TPSA) is 130 Å². The Hall–Kier alpha value is -3.47. The number of halogens is 1. The van der Waals surface area contributed by atoms with E-state index in [4.69, 9.17) is 16.0 Å². The Morgan fingerprint density at radius 3 is 2.39 bits per heavy atom. The van der Waals surface area contributed by atoms with Crippen molar-refractivity contribution in [3.8, 4) is 0 Å². The predicted molar refractivity (Wildman–Crippen MR) is 115 cm³/mol. The molecule has 0 atom stereocenters. The standard InChI is InChI=1S/C20H17ClN4O5S/c21-14-6-8-15(9-7-14)24-19(26)20(27)25-22-12-16-10-11-17(30-16)13-23-31(28,29)18-4-2-1-3-5-18/h1-12,23H,13H2,(H,24,26)(H,25,27)/b22-12+. The van der Waals surface area contributed by atoms with Gasteiger partial charge in [0.2, 0.25) is 10.0 Å². The highest BCUT2D eigenvalue weighted by molar-refractivity contribution is 7.89. The molecular weight excluding hydrogens is 444 g/mol. The Bertz CT molecular complexity index is 1190. The number of anilines is 1. The molecule has 2 amide bonds. The minimum atomic E-state index is -3.67. The summed E-state index contributed by atoms with van der Waals surface area (Å²) in [6.07, 6.45) is 1.18. The van der Waals surface area contributed by atoms with Crippen molar-refractivity contribution in [3.05, 3.63) is 83.3 Å². The first-order chi connectivity index (χ1) is 14.8. The van der Waals surface area contributed by atoms with E-state index >= 15 is 0 Å². The maximum atomic E-state index is 12.2. The van der Waals surface area contributed by atoms with Gasteiger partial charge in [0.15, 0.2) is 0 Å². The van der Waals surface area contributed by atoms with Gasteiger partial charge in [0.05, 0.1) is 17.7 Å². The van der Waals surface area contributed by atoms with E-state index in [1.807, 2.05) is 0 Å². The van der Waals surface area contributed by atoms with E-state index < -0.39 is 21.8 Å². The summed E-state index contributed by atoms with van der Waals surface area (Å²) in [4.78, 5) is 23.8. The van der Waals surface area contributed by atoms with Crippen LogP contribution in [0, 0.1) is 0 Å². The number of benzene rings is 2. The first kappa shape index (κ1) is 22.2. The van der Waals surface area contributed by atoms with E-state index in [1.165, 1.54) is 24.4 Å². The number of hydrogen-bond donors (Lipinski definition) is 3. The fourth-order valence-corrected chi connectivity index (χ4v) is 3.47. The van der Waals surface area contributed by atoms with Gasteiger partial charge in [0.25, 0.3) is 0 Å². The summed E-state index contributed by atoms with van der Waals surface area (Å²) in [6, 6.07) is 17.3. The maximum absolute atomic E-state index is 12.2. The molecule has 0 radical (unpaired) electrons. The number of hydrazone groups is 1. The van der Waals surface area contributed by atoms with E-state index in [2.05, 4.69) is 20.6 Å². The van der Waals surface area contributed by atoms with Crippen LogP contribution in [-0.2, 0) is 26.2 Å². The highest BCUT2D eigenvalue weighted by Crippen LogP contribution is 2.13. The smallest absolute Gasteiger partial charge is 0.329 e. The zero-order chi connectivity index (χ0) is 22.3. The molecule has 0 aliphatic heterocycles. The Morgan fingerprint density at radius 1 is 0.968 bits per heavy atom. The molecule has 0 saturated carbocycles. The molecular formula is C20H17ClN4O5S. The molecule has 0 unspecified atom stereocenters. The number of hydrogen-bond acceptors (Lipinski definition) is 6. The molecule has 2 aromatic carbocycles. The third kappa shape index (κ3) is 6.51. The maximum Gasteiger partial charge on any atom is 0.329 e. The number of rotatable bonds is 7. The lowest BCUT2D eigenvalue weighted by atomic mass is 10.3. The van der Waals surface area contributed by atoms with Crippen LogP contribution in [0.5, 0.6) is 0 Å². The Labute approximate surface area is 183 Å². The summed E-state index contributed by atoms with van der Waals surface area (Å²) in [7, 11) is -3.67. The highest BCUT2D eigenvalue weighted by atomic mass is 35.5. The van der Waals surface area contributed by atoms with Gasteiger partial charge < -0.3 is 9.73 Å². The van der Waals surface area contributed by atoms with Crippen LogP contribution in [0.25, 0.3) is 0 Å². The number of furan rings is 1. The molecule has 3 aromatic rings. The summed E-state index contributed by atoms with van der Waals surface area (Å²) in [5.41, 5.74) is 2.48. The van der Waals surface area contributed by atoms with E-state index in [-0.39, 0.29) is 17.2 Å². The molecule has 1 aromatic heterocycles. The van der Waals surface area contributed by atoms with E-state index in [1.54, 1.807) is 48.5 Å². The molecule has 9 nitrogen and oxygen atoms in total. The number of carbonyl (C=O) groups is 2. The summed E-state index contributed by atoms with van der Waals surface area (Å²) in [6.45, 7) is -0.0685. The van der Waals surface area contributed by atoms with Gasteiger partial charge in [-0.1, -0.05) is 29.8 Å². The second-order valence-electron chi connectivity index (χ2n) is 6.10. The van der Waals surface area contributed by atoms with Crippen molar-refractivity contribution in [1.82, 2.24) is 10.1 Å². The van der Waals surface area contributed by atoms with Gasteiger partial charge in [-0.3, -0.25) is 9.59 Å². The molecule has 0 saturated heterocycles. The van der Waals surface area contributed by atoms with Crippen LogP contribution in [0.3, 0.4) is 0 Å². The minimum absolute atomic E-state index is 0.0685. The molecule has 0 aliphatic rings. The van der Waals surface area contributed by atoms with E-state index in [9.17, 15) is 18.0 Å². The number of carbonyl (C=O) groups excluding carboxylic acids is 2. The van der Waals surface area contributed by atoms with Gasteiger partial charge in [-0.05, 0) is 48.5 Å². The Balaban J connectivity index is 1.49. The van der Waals surface area contributed by atoms with Crippen molar-refractivity contribution >= 4 is 45.3 Å². The van der Waals surface area contributed by atoms with E-state index in [0.717, 1.165) is 0 Å². The fraction of sp³-hybridized carbons (Fsp3) is 0.0500. The van der Waals surface area contributed by atoms with Gasteiger partial charge in [-0.2, -0.15) is 5.10 Å². The average molecular weight is 461 g/mol. The van der Waals surface area contributed by atoms with Crippen molar-refractivity contribution in [2.45, 2.75) is 11.4 Å². The van der Waals surface area contributed by atoms with Crippen LogP contribution in [0.4, 0.5) is 5.69 Å². The number of sulfonamides is 1. The zero-order valence-corrected chi connectivity index (χ0v) is 17.5. The molecule has 31 heavy (non-hydrogen) atoms. The van der Waals surface area contributed by atoms with Crippen LogP contribution in [0.1, 0.15) is 11.5 Å². The predicted octanol–water partition coefficient (Wildman–Crippen LogP) is 2.50. The quantitative estimate of drug-likeness (QED) is 0.283. The van der Waals surface area contributed by atoms with Gasteiger partial charge in [0, 0.05) is 10.7 Å². The van der Waals surface area contributed by atoms with Gasteiger partial charge >= 0.3 is 11.8 Å². The molecule has 160 valence electrons. The molecule has 3 N–H and O–H groups in total. The Morgan fingerprint density at radius 2 is 1.68 bits per heavy atom. The van der Waals surface area contributed by atoms with Crippen LogP contribution >= 0.6 is 11.6 Å². The van der Waals surface area contributed by atoms with Gasteiger partial charge in [-0.25, -0.2) is 18.6 Å². The first-order valence-corrected chi connectivity index (χ1v) is 10.7. The van der Waals surface area contributed by atoms with Crippen molar-refractivity contribution in [2.75, 3.05) is 5.32 Å². The second kappa shape index (κ2) is 10.0. The number of amides is 2. The summed E-state index contributed by atoms with van der Waals surface area (Å²) < 4.78 is 32.2.